The maximum atomic E-state index is 12.2. The molecule has 2 N–H and O–H groups in total. The summed E-state index contributed by atoms with van der Waals surface area (Å²) in [5, 5.41) is 6.33. The highest BCUT2D eigenvalue weighted by molar-refractivity contribution is 14.0. The monoisotopic (exact) mass is 553 g/mol. The van der Waals surface area contributed by atoms with Gasteiger partial charge in [0.05, 0.1) is 20.3 Å². The Kier molecular flexibility index (Phi) is 11.5. The summed E-state index contributed by atoms with van der Waals surface area (Å²) in [4.78, 5) is 4.18. The summed E-state index contributed by atoms with van der Waals surface area (Å²) in [5.41, 5.74) is 2.31. The Morgan fingerprint density at radius 1 is 1.06 bits per heavy atom. The van der Waals surface area contributed by atoms with E-state index in [0.717, 1.165) is 11.3 Å². The Balaban J connectivity index is 0.00000480. The second-order valence-corrected chi connectivity index (χ2v) is 6.28. The van der Waals surface area contributed by atoms with E-state index in [4.69, 9.17) is 14.2 Å². The highest BCUT2D eigenvalue weighted by atomic mass is 127. The number of hydrogen-bond acceptors (Lipinski definition) is 4. The number of hydrogen-bond donors (Lipinski definition) is 2. The van der Waals surface area contributed by atoms with E-state index in [1.807, 2.05) is 25.1 Å². The maximum absolute atomic E-state index is 12.2. The minimum atomic E-state index is -4.33. The molecule has 0 aliphatic heterocycles. The molecule has 0 saturated heterocycles. The molecule has 0 aromatic heterocycles. The highest BCUT2D eigenvalue weighted by Gasteiger charge is 2.27. The van der Waals surface area contributed by atoms with Crippen LogP contribution in [0.2, 0.25) is 0 Å². The van der Waals surface area contributed by atoms with Crippen molar-refractivity contribution in [2.75, 3.05) is 32.7 Å². The molecule has 0 radical (unpaired) electrons. The standard InChI is InChI=1S/C21H26F3N3O3.HI/c1-4-30-18-9-8-17(11-19(18)28-3)27-20(25-2)26-12-15-6-5-7-16(10-15)13-29-14-21(22,23)24;/h5-11H,4,12-14H2,1-3H3,(H2,25,26,27);1H. The minimum Gasteiger partial charge on any atom is -0.493 e. The Hall–Kier alpha value is -2.21. The van der Waals surface area contributed by atoms with Crippen molar-refractivity contribution in [3.8, 4) is 11.5 Å². The van der Waals surface area contributed by atoms with E-state index in [2.05, 4.69) is 15.6 Å². The number of rotatable bonds is 9. The molecule has 10 heteroatoms. The molecule has 0 saturated carbocycles. The van der Waals surface area contributed by atoms with Crippen molar-refractivity contribution in [2.24, 2.45) is 4.99 Å². The smallest absolute Gasteiger partial charge is 0.411 e. The summed E-state index contributed by atoms with van der Waals surface area (Å²) in [5.74, 6) is 1.78. The number of methoxy groups -OCH3 is 1. The van der Waals surface area contributed by atoms with Gasteiger partial charge < -0.3 is 24.8 Å². The van der Waals surface area contributed by atoms with Gasteiger partial charge in [0.2, 0.25) is 0 Å². The quantitative estimate of drug-likeness (QED) is 0.261. The lowest BCUT2D eigenvalue weighted by molar-refractivity contribution is -0.176. The molecule has 0 unspecified atom stereocenters. The SMILES string of the molecule is CCOc1ccc(NC(=NC)NCc2cccc(COCC(F)(F)F)c2)cc1OC.I. The molecule has 31 heavy (non-hydrogen) atoms. The zero-order chi connectivity index (χ0) is 22.0. The number of benzene rings is 2. The van der Waals surface area contributed by atoms with Crippen LogP contribution in [0, 0.1) is 0 Å². The first-order chi connectivity index (χ1) is 14.3. The number of nitrogens with one attached hydrogen (secondary N) is 2. The topological polar surface area (TPSA) is 64.1 Å². The van der Waals surface area contributed by atoms with Crippen LogP contribution in [0.5, 0.6) is 11.5 Å². The first-order valence-corrected chi connectivity index (χ1v) is 9.35. The Morgan fingerprint density at radius 2 is 1.81 bits per heavy atom. The third kappa shape index (κ3) is 9.64. The number of nitrogens with zero attached hydrogens (tertiary/aromatic N) is 1. The van der Waals surface area contributed by atoms with Crippen LogP contribution in [-0.2, 0) is 17.9 Å². The molecule has 172 valence electrons. The zero-order valence-corrected chi connectivity index (χ0v) is 19.9. The van der Waals surface area contributed by atoms with Crippen molar-refractivity contribution in [2.45, 2.75) is 26.3 Å². The van der Waals surface area contributed by atoms with Gasteiger partial charge in [0.1, 0.15) is 6.61 Å². The summed E-state index contributed by atoms with van der Waals surface area (Å²) < 4.78 is 52.2. The van der Waals surface area contributed by atoms with Crippen LogP contribution in [0.15, 0.2) is 47.5 Å². The number of aliphatic imine (C=N–C) groups is 1. The first-order valence-electron chi connectivity index (χ1n) is 9.35. The largest absolute Gasteiger partial charge is 0.493 e. The lowest BCUT2D eigenvalue weighted by Crippen LogP contribution is -2.30. The third-order valence-corrected chi connectivity index (χ3v) is 3.94. The van der Waals surface area contributed by atoms with Crippen LogP contribution in [-0.4, -0.2) is 39.5 Å². The summed E-state index contributed by atoms with van der Waals surface area (Å²) in [6.45, 7) is 1.49. The van der Waals surface area contributed by atoms with Crippen LogP contribution in [0.3, 0.4) is 0 Å². The first kappa shape index (κ1) is 26.8. The molecule has 0 atom stereocenters. The molecule has 2 aromatic rings. The molecular formula is C21H27F3IN3O3. The molecule has 0 aliphatic carbocycles. The predicted molar refractivity (Wildman–Crippen MR) is 126 cm³/mol. The second kappa shape index (κ2) is 13.3. The van der Waals surface area contributed by atoms with Gasteiger partial charge in [-0.05, 0) is 30.2 Å². The van der Waals surface area contributed by atoms with Gasteiger partial charge in [-0.15, -0.1) is 24.0 Å². The van der Waals surface area contributed by atoms with Crippen molar-refractivity contribution < 1.29 is 27.4 Å². The van der Waals surface area contributed by atoms with Crippen LogP contribution in [0.1, 0.15) is 18.1 Å². The Bertz CT molecular complexity index is 848. The summed E-state index contributed by atoms with van der Waals surface area (Å²) in [7, 11) is 3.21. The molecule has 0 fully saturated rings. The van der Waals surface area contributed by atoms with E-state index in [-0.39, 0.29) is 30.6 Å². The van der Waals surface area contributed by atoms with E-state index in [1.165, 1.54) is 0 Å². The predicted octanol–water partition coefficient (Wildman–Crippen LogP) is 4.98. The number of ether oxygens (including phenoxy) is 3. The minimum absolute atomic E-state index is 0. The molecule has 2 aromatic carbocycles. The van der Waals surface area contributed by atoms with Gasteiger partial charge in [-0.3, -0.25) is 4.99 Å². The average Bonchev–Trinajstić information content (AvgIpc) is 2.71. The van der Waals surface area contributed by atoms with Gasteiger partial charge in [-0.25, -0.2) is 0 Å². The molecule has 0 spiro atoms. The highest BCUT2D eigenvalue weighted by Crippen LogP contribution is 2.30. The summed E-state index contributed by atoms with van der Waals surface area (Å²) in [6, 6.07) is 12.6. The molecule has 2 rings (SSSR count). The van der Waals surface area contributed by atoms with Crippen LogP contribution >= 0.6 is 24.0 Å². The zero-order valence-electron chi connectivity index (χ0n) is 17.6. The fourth-order valence-electron chi connectivity index (χ4n) is 2.64. The number of alkyl halides is 3. The fourth-order valence-corrected chi connectivity index (χ4v) is 2.64. The van der Waals surface area contributed by atoms with Crippen molar-refractivity contribution in [1.82, 2.24) is 5.32 Å². The van der Waals surface area contributed by atoms with Gasteiger partial charge in [0, 0.05) is 25.3 Å². The van der Waals surface area contributed by atoms with Crippen molar-refractivity contribution in [1.29, 1.82) is 0 Å². The lowest BCUT2D eigenvalue weighted by atomic mass is 10.1. The third-order valence-electron chi connectivity index (χ3n) is 3.94. The van der Waals surface area contributed by atoms with Crippen LogP contribution < -0.4 is 20.1 Å². The van der Waals surface area contributed by atoms with Gasteiger partial charge in [0.15, 0.2) is 17.5 Å². The van der Waals surface area contributed by atoms with E-state index >= 15 is 0 Å². The summed E-state index contributed by atoms with van der Waals surface area (Å²) >= 11 is 0. The van der Waals surface area contributed by atoms with Crippen molar-refractivity contribution >= 4 is 35.6 Å². The van der Waals surface area contributed by atoms with Gasteiger partial charge in [-0.2, -0.15) is 13.2 Å². The normalized spacial score (nSPS) is 11.5. The fraction of sp³-hybridized carbons (Fsp3) is 0.381. The molecule has 0 bridgehead atoms. The van der Waals surface area contributed by atoms with Crippen LogP contribution in [0.25, 0.3) is 0 Å². The summed E-state index contributed by atoms with van der Waals surface area (Å²) in [6.07, 6.45) is -4.33. The Labute approximate surface area is 197 Å². The lowest BCUT2D eigenvalue weighted by Gasteiger charge is -2.15. The van der Waals surface area contributed by atoms with E-state index in [9.17, 15) is 13.2 Å². The molecular weight excluding hydrogens is 526 g/mol. The molecule has 0 amide bonds. The molecule has 6 nitrogen and oxygen atoms in total. The van der Waals surface area contributed by atoms with Gasteiger partial charge in [-0.1, -0.05) is 24.3 Å². The number of guanidine groups is 1. The van der Waals surface area contributed by atoms with Crippen LogP contribution in [0.4, 0.5) is 18.9 Å². The molecule has 0 heterocycles. The second-order valence-electron chi connectivity index (χ2n) is 6.28. The van der Waals surface area contributed by atoms with Gasteiger partial charge >= 0.3 is 6.18 Å². The van der Waals surface area contributed by atoms with E-state index < -0.39 is 12.8 Å². The number of halogens is 4. The van der Waals surface area contributed by atoms with Gasteiger partial charge in [0.25, 0.3) is 0 Å². The van der Waals surface area contributed by atoms with Crippen molar-refractivity contribution in [3.05, 3.63) is 53.6 Å². The van der Waals surface area contributed by atoms with E-state index in [1.54, 1.807) is 38.4 Å². The Morgan fingerprint density at radius 3 is 2.45 bits per heavy atom. The van der Waals surface area contributed by atoms with Crippen molar-refractivity contribution in [3.63, 3.8) is 0 Å². The van der Waals surface area contributed by atoms with E-state index in [0.29, 0.717) is 36.2 Å². The maximum Gasteiger partial charge on any atom is 0.411 e. The number of anilines is 1. The average molecular weight is 553 g/mol. The molecule has 0 aliphatic rings.